The number of halogens is 2. The first kappa shape index (κ1) is 9.59. The lowest BCUT2D eigenvalue weighted by atomic mass is 10.0. The molecule has 2 rings (SSSR count). The van der Waals surface area contributed by atoms with E-state index in [-0.39, 0.29) is 12.5 Å². The van der Waals surface area contributed by atoms with Crippen molar-refractivity contribution < 1.29 is 13.9 Å². The summed E-state index contributed by atoms with van der Waals surface area (Å²) in [5.74, 6) is -0.541. The van der Waals surface area contributed by atoms with Crippen LogP contribution in [0, 0.1) is 5.92 Å². The quantitative estimate of drug-likeness (QED) is 0.791. The molecule has 14 heavy (non-hydrogen) atoms. The predicted octanol–water partition coefficient (Wildman–Crippen LogP) is 2.55. The molecule has 0 amide bonds. The van der Waals surface area contributed by atoms with Crippen LogP contribution in [-0.2, 0) is 6.61 Å². The maximum Gasteiger partial charge on any atom is 0.242 e. The minimum Gasteiger partial charge on any atom is -0.392 e. The highest BCUT2D eigenvalue weighted by atomic mass is 19.3. The van der Waals surface area contributed by atoms with Crippen LogP contribution < -0.4 is 0 Å². The molecule has 1 aliphatic rings. The Labute approximate surface area is 81.4 Å². The van der Waals surface area contributed by atoms with E-state index >= 15 is 0 Å². The van der Waals surface area contributed by atoms with Crippen molar-refractivity contribution in [3.8, 4) is 0 Å². The van der Waals surface area contributed by atoms with Crippen molar-refractivity contribution in [3.05, 3.63) is 35.4 Å². The average molecular weight is 198 g/mol. The molecule has 76 valence electrons. The minimum atomic E-state index is -2.23. The summed E-state index contributed by atoms with van der Waals surface area (Å²) >= 11 is 0. The van der Waals surface area contributed by atoms with Crippen LogP contribution in [0.25, 0.3) is 0 Å². The molecule has 0 radical (unpaired) electrons. The summed E-state index contributed by atoms with van der Waals surface area (Å²) in [5, 5.41) is 9.03. The van der Waals surface area contributed by atoms with Gasteiger partial charge in [-0.25, -0.2) is 8.78 Å². The average Bonchev–Trinajstić information content (AvgIpc) is 2.97. The molecule has 3 heteroatoms. The lowest BCUT2D eigenvalue weighted by molar-refractivity contribution is 0.120. The van der Waals surface area contributed by atoms with E-state index in [0.717, 1.165) is 11.1 Å². The highest BCUT2D eigenvalue weighted by Crippen LogP contribution is 2.51. The summed E-state index contributed by atoms with van der Waals surface area (Å²) in [7, 11) is 0. The Morgan fingerprint density at radius 3 is 2.64 bits per heavy atom. The van der Waals surface area contributed by atoms with E-state index in [1.807, 2.05) is 18.2 Å². The summed E-state index contributed by atoms with van der Waals surface area (Å²) in [4.78, 5) is 0. The van der Waals surface area contributed by atoms with Crippen molar-refractivity contribution in [3.63, 3.8) is 0 Å². The zero-order valence-corrected chi connectivity index (χ0v) is 7.66. The molecule has 1 aromatic carbocycles. The van der Waals surface area contributed by atoms with Crippen LogP contribution in [0.3, 0.4) is 0 Å². The Morgan fingerprint density at radius 2 is 2.07 bits per heavy atom. The number of hydrogen-bond donors (Lipinski definition) is 1. The van der Waals surface area contributed by atoms with E-state index in [1.165, 1.54) is 0 Å². The van der Waals surface area contributed by atoms with Gasteiger partial charge in [0.1, 0.15) is 0 Å². The molecule has 1 aliphatic carbocycles. The SMILES string of the molecule is OCc1ccccc1C1CC1C(F)F. The van der Waals surface area contributed by atoms with Gasteiger partial charge < -0.3 is 5.11 Å². The molecular formula is C11H12F2O. The third-order valence-electron chi connectivity index (χ3n) is 2.79. The fourth-order valence-electron chi connectivity index (χ4n) is 1.89. The van der Waals surface area contributed by atoms with E-state index in [4.69, 9.17) is 5.11 Å². The van der Waals surface area contributed by atoms with Crippen molar-refractivity contribution in [2.45, 2.75) is 25.4 Å². The fourth-order valence-corrected chi connectivity index (χ4v) is 1.89. The molecule has 0 saturated heterocycles. The minimum absolute atomic E-state index is 0.0432. The van der Waals surface area contributed by atoms with Gasteiger partial charge in [0.05, 0.1) is 6.61 Å². The Bertz CT molecular complexity index is 325. The molecule has 0 aromatic heterocycles. The van der Waals surface area contributed by atoms with Gasteiger partial charge in [0.25, 0.3) is 0 Å². The first-order valence-electron chi connectivity index (χ1n) is 4.71. The van der Waals surface area contributed by atoms with Crippen LogP contribution in [0.1, 0.15) is 23.5 Å². The second-order valence-electron chi connectivity index (χ2n) is 3.70. The van der Waals surface area contributed by atoms with E-state index < -0.39 is 12.3 Å². The lowest BCUT2D eigenvalue weighted by Gasteiger charge is -2.05. The van der Waals surface area contributed by atoms with Crippen LogP contribution in [0.15, 0.2) is 24.3 Å². The van der Waals surface area contributed by atoms with Crippen LogP contribution in [-0.4, -0.2) is 11.5 Å². The van der Waals surface area contributed by atoms with E-state index in [1.54, 1.807) is 6.07 Å². The maximum atomic E-state index is 12.3. The number of hydrogen-bond acceptors (Lipinski definition) is 1. The second-order valence-corrected chi connectivity index (χ2v) is 3.70. The number of benzene rings is 1. The normalized spacial score (nSPS) is 25.4. The molecule has 1 aromatic rings. The van der Waals surface area contributed by atoms with Crippen molar-refractivity contribution in [2.75, 3.05) is 0 Å². The van der Waals surface area contributed by atoms with Crippen LogP contribution in [0.4, 0.5) is 8.78 Å². The van der Waals surface area contributed by atoms with Gasteiger partial charge in [-0.2, -0.15) is 0 Å². The van der Waals surface area contributed by atoms with Crippen molar-refractivity contribution >= 4 is 0 Å². The smallest absolute Gasteiger partial charge is 0.242 e. The van der Waals surface area contributed by atoms with Crippen LogP contribution in [0.2, 0.25) is 0 Å². The Hall–Kier alpha value is -0.960. The summed E-state index contributed by atoms with van der Waals surface area (Å²) in [6.07, 6.45) is -1.68. The molecule has 2 unspecified atom stereocenters. The van der Waals surface area contributed by atoms with Gasteiger partial charge in [0, 0.05) is 5.92 Å². The highest BCUT2D eigenvalue weighted by molar-refractivity contribution is 5.34. The Balaban J connectivity index is 2.18. The molecular weight excluding hydrogens is 186 g/mol. The summed E-state index contributed by atoms with van der Waals surface area (Å²) in [6, 6.07) is 7.26. The molecule has 1 saturated carbocycles. The molecule has 0 bridgehead atoms. The predicted molar refractivity (Wildman–Crippen MR) is 49.2 cm³/mol. The van der Waals surface area contributed by atoms with Gasteiger partial charge in [-0.15, -0.1) is 0 Å². The standard InChI is InChI=1S/C11H12F2O/c12-11(13)10-5-9(10)8-4-2-1-3-7(8)6-14/h1-4,9-11,14H,5-6H2. The zero-order valence-electron chi connectivity index (χ0n) is 7.66. The number of aliphatic hydroxyl groups excluding tert-OH is 1. The monoisotopic (exact) mass is 198 g/mol. The third-order valence-corrected chi connectivity index (χ3v) is 2.79. The molecule has 1 nitrogen and oxygen atoms in total. The van der Waals surface area contributed by atoms with Gasteiger partial charge in [0.15, 0.2) is 0 Å². The second kappa shape index (κ2) is 3.65. The molecule has 0 heterocycles. The molecule has 1 fully saturated rings. The fraction of sp³-hybridized carbons (Fsp3) is 0.455. The Kier molecular flexibility index (Phi) is 2.50. The maximum absolute atomic E-state index is 12.3. The number of alkyl halides is 2. The van der Waals surface area contributed by atoms with E-state index in [0.29, 0.717) is 6.42 Å². The molecule has 2 atom stereocenters. The summed E-state index contributed by atoms with van der Waals surface area (Å²) < 4.78 is 24.7. The number of aliphatic hydroxyl groups is 1. The van der Waals surface area contributed by atoms with Crippen molar-refractivity contribution in [2.24, 2.45) is 5.92 Å². The molecule has 0 aliphatic heterocycles. The Morgan fingerprint density at radius 1 is 1.36 bits per heavy atom. The van der Waals surface area contributed by atoms with E-state index in [2.05, 4.69) is 0 Å². The summed E-state index contributed by atoms with van der Waals surface area (Å²) in [5.41, 5.74) is 1.67. The third kappa shape index (κ3) is 1.64. The van der Waals surface area contributed by atoms with Gasteiger partial charge in [-0.1, -0.05) is 24.3 Å². The lowest BCUT2D eigenvalue weighted by Crippen LogP contribution is -1.98. The molecule has 1 N–H and O–H groups in total. The van der Waals surface area contributed by atoms with Gasteiger partial charge in [0.2, 0.25) is 6.43 Å². The largest absolute Gasteiger partial charge is 0.392 e. The summed E-state index contributed by atoms with van der Waals surface area (Å²) in [6.45, 7) is -0.0668. The zero-order chi connectivity index (χ0) is 10.1. The molecule has 0 spiro atoms. The van der Waals surface area contributed by atoms with Crippen LogP contribution >= 0.6 is 0 Å². The van der Waals surface area contributed by atoms with E-state index in [9.17, 15) is 8.78 Å². The number of rotatable bonds is 3. The van der Waals surface area contributed by atoms with Crippen LogP contribution in [0.5, 0.6) is 0 Å². The van der Waals surface area contributed by atoms with Gasteiger partial charge in [-0.05, 0) is 23.5 Å². The highest BCUT2D eigenvalue weighted by Gasteiger charge is 2.45. The first-order valence-corrected chi connectivity index (χ1v) is 4.71. The van der Waals surface area contributed by atoms with Gasteiger partial charge in [-0.3, -0.25) is 0 Å². The van der Waals surface area contributed by atoms with Crippen molar-refractivity contribution in [1.29, 1.82) is 0 Å². The van der Waals surface area contributed by atoms with Crippen molar-refractivity contribution in [1.82, 2.24) is 0 Å². The topological polar surface area (TPSA) is 20.2 Å². The first-order chi connectivity index (χ1) is 6.74. The van der Waals surface area contributed by atoms with Gasteiger partial charge >= 0.3 is 0 Å².